The summed E-state index contributed by atoms with van der Waals surface area (Å²) in [6.45, 7) is 1.68. The average Bonchev–Trinajstić information content (AvgIpc) is 2.82. The highest BCUT2D eigenvalue weighted by atomic mass is 32.2. The lowest BCUT2D eigenvalue weighted by Gasteiger charge is -2.44. The molecule has 1 heterocycles. The van der Waals surface area contributed by atoms with Gasteiger partial charge in [0.25, 0.3) is 0 Å². The standard InChI is InChI=1S/C26H31F4N3O5S/c1-16-19(8-5-9-21(16)27)24-20(25(36)17-6-4-7-18(34)12-17)14-33(11-10-32(2)39(3,37)38)15-22(24)31-23(35)13-26(28,29)30/h4-9,12,20,22,24,34H,10-11,13-15H2,1-3H3,(H,31,35)/t20-,22+,24+/m0/s1. The molecule has 0 saturated carbocycles. The number of Topliss-reactive ketones (excluding diaryl/α,β-unsaturated/α-hetero) is 1. The molecule has 1 amide bonds. The Morgan fingerprint density at radius 1 is 1.15 bits per heavy atom. The molecule has 1 aliphatic rings. The van der Waals surface area contributed by atoms with Gasteiger partial charge in [0, 0.05) is 56.7 Å². The number of phenolic OH excluding ortho intramolecular Hbond substituents is 1. The number of likely N-dealkylation sites (tertiary alicyclic amines) is 1. The zero-order valence-electron chi connectivity index (χ0n) is 21.7. The molecule has 3 atom stereocenters. The molecular weight excluding hydrogens is 542 g/mol. The number of ketones is 1. The number of amides is 1. The van der Waals surface area contributed by atoms with Crippen molar-refractivity contribution in [2.45, 2.75) is 31.5 Å². The third kappa shape index (κ3) is 7.99. The summed E-state index contributed by atoms with van der Waals surface area (Å²) in [5.41, 5.74) is 0.685. The van der Waals surface area contributed by atoms with E-state index in [1.165, 1.54) is 50.4 Å². The van der Waals surface area contributed by atoms with E-state index in [-0.39, 0.29) is 43.1 Å². The van der Waals surface area contributed by atoms with Crippen LogP contribution in [-0.4, -0.2) is 86.1 Å². The third-order valence-corrected chi connectivity index (χ3v) is 8.23. The van der Waals surface area contributed by atoms with Crippen molar-refractivity contribution >= 4 is 21.7 Å². The summed E-state index contributed by atoms with van der Waals surface area (Å²) in [5.74, 6) is -4.39. The van der Waals surface area contributed by atoms with Gasteiger partial charge in [-0.2, -0.15) is 13.2 Å². The number of rotatable bonds is 9. The number of piperidine rings is 1. The summed E-state index contributed by atoms with van der Waals surface area (Å²) in [5, 5.41) is 12.3. The van der Waals surface area contributed by atoms with Crippen molar-refractivity contribution in [3.63, 3.8) is 0 Å². The fourth-order valence-corrected chi connectivity index (χ4v) is 5.30. The first kappa shape index (κ1) is 30.5. The molecule has 0 radical (unpaired) electrons. The number of benzene rings is 2. The van der Waals surface area contributed by atoms with Crippen molar-refractivity contribution in [1.29, 1.82) is 0 Å². The number of carbonyl (C=O) groups is 2. The Morgan fingerprint density at radius 2 is 1.82 bits per heavy atom. The van der Waals surface area contributed by atoms with Gasteiger partial charge in [-0.25, -0.2) is 17.1 Å². The smallest absolute Gasteiger partial charge is 0.397 e. The SMILES string of the molecule is Cc1c(F)cccc1[C@@H]1[C@@H](C(=O)c2cccc(O)c2)CN(CCN(C)S(C)(=O)=O)C[C@H]1NC(=O)CC(F)(F)F. The number of nitrogens with one attached hydrogen (secondary N) is 1. The molecule has 0 spiro atoms. The molecule has 0 bridgehead atoms. The first-order valence-electron chi connectivity index (χ1n) is 12.1. The molecule has 1 aliphatic heterocycles. The molecule has 1 saturated heterocycles. The Balaban J connectivity index is 2.07. The van der Waals surface area contributed by atoms with E-state index in [9.17, 15) is 40.7 Å². The molecule has 2 N–H and O–H groups in total. The van der Waals surface area contributed by atoms with Gasteiger partial charge in [0.15, 0.2) is 5.78 Å². The lowest BCUT2D eigenvalue weighted by atomic mass is 9.72. The number of halogens is 4. The highest BCUT2D eigenvalue weighted by molar-refractivity contribution is 7.88. The first-order chi connectivity index (χ1) is 18.1. The molecule has 1 fully saturated rings. The van der Waals surface area contributed by atoms with Gasteiger partial charge in [-0.3, -0.25) is 14.5 Å². The minimum Gasteiger partial charge on any atom is -0.508 e. The molecule has 0 aliphatic carbocycles. The Kier molecular flexibility index (Phi) is 9.39. The Bertz CT molecular complexity index is 1320. The van der Waals surface area contributed by atoms with Gasteiger partial charge in [-0.05, 0) is 36.2 Å². The van der Waals surface area contributed by atoms with Crippen molar-refractivity contribution in [3.8, 4) is 5.75 Å². The second kappa shape index (κ2) is 12.0. The number of sulfonamides is 1. The van der Waals surface area contributed by atoms with E-state index in [1.54, 1.807) is 11.0 Å². The van der Waals surface area contributed by atoms with Gasteiger partial charge < -0.3 is 10.4 Å². The monoisotopic (exact) mass is 573 g/mol. The molecule has 0 aromatic heterocycles. The Labute approximate surface area is 224 Å². The van der Waals surface area contributed by atoms with E-state index in [1.807, 2.05) is 0 Å². The Hall–Kier alpha value is -3.03. The largest absolute Gasteiger partial charge is 0.508 e. The van der Waals surface area contributed by atoms with Crippen LogP contribution in [0.2, 0.25) is 0 Å². The van der Waals surface area contributed by atoms with Gasteiger partial charge >= 0.3 is 6.18 Å². The number of hydrogen-bond acceptors (Lipinski definition) is 6. The maximum Gasteiger partial charge on any atom is 0.397 e. The fourth-order valence-electron chi connectivity index (χ4n) is 4.88. The van der Waals surface area contributed by atoms with Crippen LogP contribution in [0.4, 0.5) is 17.6 Å². The second-order valence-corrected chi connectivity index (χ2v) is 11.9. The normalized spacial score (nSPS) is 20.7. The summed E-state index contributed by atoms with van der Waals surface area (Å²) < 4.78 is 78.5. The lowest BCUT2D eigenvalue weighted by molar-refractivity contribution is -0.154. The summed E-state index contributed by atoms with van der Waals surface area (Å²) in [7, 11) is -2.15. The van der Waals surface area contributed by atoms with E-state index in [2.05, 4.69) is 5.32 Å². The minimum absolute atomic E-state index is 0.00829. The predicted molar refractivity (Wildman–Crippen MR) is 136 cm³/mol. The molecular formula is C26H31F4N3O5S. The number of hydrogen-bond donors (Lipinski definition) is 2. The van der Waals surface area contributed by atoms with E-state index in [0.29, 0.717) is 5.56 Å². The number of phenols is 1. The topological polar surface area (TPSA) is 107 Å². The van der Waals surface area contributed by atoms with Crippen LogP contribution in [0.5, 0.6) is 5.75 Å². The summed E-state index contributed by atoms with van der Waals surface area (Å²) in [6.07, 6.45) is -5.47. The number of alkyl halides is 3. The molecule has 2 aromatic rings. The summed E-state index contributed by atoms with van der Waals surface area (Å²) in [6, 6.07) is 8.75. The van der Waals surface area contributed by atoms with Crippen molar-refractivity contribution in [2.24, 2.45) is 5.92 Å². The highest BCUT2D eigenvalue weighted by Gasteiger charge is 2.44. The molecule has 8 nitrogen and oxygen atoms in total. The number of nitrogens with zero attached hydrogens (tertiary/aromatic N) is 2. The summed E-state index contributed by atoms with van der Waals surface area (Å²) in [4.78, 5) is 27.9. The van der Waals surface area contributed by atoms with Crippen LogP contribution in [0, 0.1) is 18.7 Å². The van der Waals surface area contributed by atoms with Crippen LogP contribution in [0.3, 0.4) is 0 Å². The van der Waals surface area contributed by atoms with Gasteiger partial charge in [-0.1, -0.05) is 24.3 Å². The van der Waals surface area contributed by atoms with E-state index >= 15 is 0 Å². The third-order valence-electron chi connectivity index (χ3n) is 6.92. The van der Waals surface area contributed by atoms with E-state index in [0.717, 1.165) is 10.6 Å². The number of aromatic hydroxyl groups is 1. The molecule has 0 unspecified atom stereocenters. The van der Waals surface area contributed by atoms with Gasteiger partial charge in [-0.15, -0.1) is 0 Å². The van der Waals surface area contributed by atoms with Crippen LogP contribution in [0.25, 0.3) is 0 Å². The fraction of sp³-hybridized carbons (Fsp3) is 0.462. The van der Waals surface area contributed by atoms with Crippen molar-refractivity contribution in [3.05, 3.63) is 65.0 Å². The van der Waals surface area contributed by atoms with E-state index < -0.39 is 58.0 Å². The maximum absolute atomic E-state index is 14.6. The first-order valence-corrected chi connectivity index (χ1v) is 14.0. The molecule has 39 heavy (non-hydrogen) atoms. The number of likely N-dealkylation sites (N-methyl/N-ethyl adjacent to an activating group) is 1. The van der Waals surface area contributed by atoms with Crippen LogP contribution in [0.1, 0.15) is 33.8 Å². The van der Waals surface area contributed by atoms with Gasteiger partial charge in [0.05, 0.1) is 6.26 Å². The lowest BCUT2D eigenvalue weighted by Crippen LogP contribution is -2.58. The van der Waals surface area contributed by atoms with Crippen LogP contribution in [-0.2, 0) is 14.8 Å². The quantitative estimate of drug-likeness (QED) is 0.353. The minimum atomic E-state index is -4.77. The van der Waals surface area contributed by atoms with Crippen molar-refractivity contribution in [2.75, 3.05) is 39.5 Å². The van der Waals surface area contributed by atoms with Crippen molar-refractivity contribution in [1.82, 2.24) is 14.5 Å². The van der Waals surface area contributed by atoms with Crippen LogP contribution >= 0.6 is 0 Å². The highest BCUT2D eigenvalue weighted by Crippen LogP contribution is 2.38. The molecule has 13 heteroatoms. The molecule has 3 rings (SSSR count). The second-order valence-electron chi connectivity index (χ2n) is 9.81. The number of carbonyl (C=O) groups excluding carboxylic acids is 2. The van der Waals surface area contributed by atoms with Crippen molar-refractivity contribution < 1.29 is 40.7 Å². The maximum atomic E-state index is 14.6. The van der Waals surface area contributed by atoms with Gasteiger partial charge in [0.1, 0.15) is 18.0 Å². The molecule has 2 aromatic carbocycles. The van der Waals surface area contributed by atoms with Gasteiger partial charge in [0.2, 0.25) is 15.9 Å². The zero-order valence-corrected chi connectivity index (χ0v) is 22.5. The van der Waals surface area contributed by atoms with Crippen LogP contribution in [0.15, 0.2) is 42.5 Å². The van der Waals surface area contributed by atoms with Crippen LogP contribution < -0.4 is 5.32 Å². The predicted octanol–water partition coefficient (Wildman–Crippen LogP) is 3.07. The summed E-state index contributed by atoms with van der Waals surface area (Å²) >= 11 is 0. The Morgan fingerprint density at radius 3 is 2.44 bits per heavy atom. The molecule has 214 valence electrons. The zero-order chi connectivity index (χ0) is 29.1. The average molecular weight is 574 g/mol. The van der Waals surface area contributed by atoms with E-state index in [4.69, 9.17) is 0 Å².